The Hall–Kier alpha value is -0.370. The first kappa shape index (κ1) is 22.4. The van der Waals surface area contributed by atoms with E-state index in [1.165, 1.54) is 57.8 Å². The summed E-state index contributed by atoms with van der Waals surface area (Å²) in [4.78, 5) is 12.3. The van der Waals surface area contributed by atoms with Crippen molar-refractivity contribution in [3.8, 4) is 0 Å². The minimum absolute atomic E-state index is 0.193. The number of hydrogen-bond acceptors (Lipinski definition) is 2. The van der Waals surface area contributed by atoms with Crippen molar-refractivity contribution in [2.45, 2.75) is 111 Å². The molecule has 5 aliphatic rings. The Morgan fingerprint density at radius 3 is 2.48 bits per heavy atom. The quantitative estimate of drug-likeness (QED) is 0.425. The van der Waals surface area contributed by atoms with E-state index in [-0.39, 0.29) is 5.92 Å². The molecular weight excluding hydrogens is 380 g/mol. The number of rotatable bonds is 7. The van der Waals surface area contributed by atoms with Gasteiger partial charge >= 0.3 is 0 Å². The molecule has 5 saturated carbocycles. The van der Waals surface area contributed by atoms with Crippen LogP contribution in [-0.2, 0) is 9.53 Å². The summed E-state index contributed by atoms with van der Waals surface area (Å²) in [6.45, 7) is 11.8. The van der Waals surface area contributed by atoms with Crippen LogP contribution in [0.25, 0.3) is 0 Å². The summed E-state index contributed by atoms with van der Waals surface area (Å²) in [6, 6.07) is 0. The van der Waals surface area contributed by atoms with E-state index in [0.29, 0.717) is 34.1 Å². The van der Waals surface area contributed by atoms with Crippen LogP contribution in [0.15, 0.2) is 0 Å². The van der Waals surface area contributed by atoms with Crippen molar-refractivity contribution in [1.29, 1.82) is 0 Å². The Balaban J connectivity index is 1.38. The first-order valence-corrected chi connectivity index (χ1v) is 13.8. The van der Waals surface area contributed by atoms with Crippen molar-refractivity contribution in [2.24, 2.45) is 57.7 Å². The number of ether oxygens (including phenoxy) is 1. The lowest BCUT2D eigenvalue weighted by molar-refractivity contribution is -0.164. The summed E-state index contributed by atoms with van der Waals surface area (Å²) in [5.41, 5.74) is 1.61. The molecule has 1 unspecified atom stereocenters. The molecule has 0 aliphatic heterocycles. The molecule has 5 rings (SSSR count). The highest BCUT2D eigenvalue weighted by Gasteiger charge is 2.77. The molecule has 0 radical (unpaired) electrons. The first-order chi connectivity index (χ1) is 14.7. The van der Waals surface area contributed by atoms with Gasteiger partial charge < -0.3 is 4.74 Å². The molecule has 0 heterocycles. The Bertz CT molecular complexity index is 714. The first-order valence-electron chi connectivity index (χ1n) is 13.8. The maximum Gasteiger partial charge on any atom is 0.135 e. The van der Waals surface area contributed by atoms with Crippen molar-refractivity contribution in [3.05, 3.63) is 0 Å². The van der Waals surface area contributed by atoms with E-state index in [4.69, 9.17) is 4.74 Å². The molecule has 0 N–H and O–H groups in total. The lowest BCUT2D eigenvalue weighted by Crippen LogP contribution is -2.57. The molecule has 0 aromatic carbocycles. The second kappa shape index (κ2) is 7.57. The van der Waals surface area contributed by atoms with E-state index in [9.17, 15) is 4.79 Å². The number of fused-ring (bicyclic) bond motifs is 4. The van der Waals surface area contributed by atoms with Crippen LogP contribution in [-0.4, -0.2) is 19.0 Å². The average Bonchev–Trinajstić information content (AvgIpc) is 3.23. The van der Waals surface area contributed by atoms with Gasteiger partial charge in [0.1, 0.15) is 5.78 Å². The topological polar surface area (TPSA) is 26.3 Å². The van der Waals surface area contributed by atoms with Crippen LogP contribution < -0.4 is 0 Å². The normalized spacial score (nSPS) is 51.1. The summed E-state index contributed by atoms with van der Waals surface area (Å²) >= 11 is 0. The van der Waals surface area contributed by atoms with Crippen molar-refractivity contribution in [3.63, 3.8) is 0 Å². The second-order valence-electron chi connectivity index (χ2n) is 13.2. The van der Waals surface area contributed by atoms with Crippen LogP contribution in [0.5, 0.6) is 0 Å². The fraction of sp³-hybridized carbons (Fsp3) is 0.966. The molecule has 2 nitrogen and oxygen atoms in total. The molecule has 2 heteroatoms. The summed E-state index contributed by atoms with van der Waals surface area (Å²) in [7, 11) is 2.01. The fourth-order valence-corrected chi connectivity index (χ4v) is 10.8. The lowest BCUT2D eigenvalue weighted by Gasteiger charge is -2.61. The monoisotopic (exact) mass is 428 g/mol. The third kappa shape index (κ3) is 2.88. The van der Waals surface area contributed by atoms with Gasteiger partial charge in [-0.1, -0.05) is 34.6 Å². The van der Waals surface area contributed by atoms with Crippen LogP contribution in [0, 0.1) is 57.7 Å². The SMILES string of the molecule is CC[C@]12CC[C@H]3[C@@H](C[C@@H](OC)[C@]45CC4CC[C@]35C)[C@@H]1CC[C@@H]2[C@H](C)CCC(=O)C(C)C. The Labute approximate surface area is 191 Å². The summed E-state index contributed by atoms with van der Waals surface area (Å²) < 4.78 is 6.30. The average molecular weight is 429 g/mol. The Kier molecular flexibility index (Phi) is 5.48. The van der Waals surface area contributed by atoms with Gasteiger partial charge in [0.2, 0.25) is 0 Å². The van der Waals surface area contributed by atoms with Gasteiger partial charge in [-0.05, 0) is 111 Å². The lowest BCUT2D eigenvalue weighted by atomic mass is 9.44. The van der Waals surface area contributed by atoms with Gasteiger partial charge in [0.15, 0.2) is 0 Å². The van der Waals surface area contributed by atoms with Crippen molar-refractivity contribution >= 4 is 5.78 Å². The zero-order chi connectivity index (χ0) is 22.2. The largest absolute Gasteiger partial charge is 0.381 e. The van der Waals surface area contributed by atoms with Crippen molar-refractivity contribution in [1.82, 2.24) is 0 Å². The van der Waals surface area contributed by atoms with E-state index in [1.54, 1.807) is 0 Å². The van der Waals surface area contributed by atoms with Crippen LogP contribution in [0.3, 0.4) is 0 Å². The van der Waals surface area contributed by atoms with E-state index in [0.717, 1.165) is 42.4 Å². The number of carbonyl (C=O) groups is 1. The maximum absolute atomic E-state index is 12.3. The van der Waals surface area contributed by atoms with Crippen LogP contribution in [0.2, 0.25) is 0 Å². The molecule has 0 amide bonds. The number of methoxy groups -OCH3 is 1. The highest BCUT2D eigenvalue weighted by Crippen LogP contribution is 2.82. The maximum atomic E-state index is 12.3. The number of carbonyl (C=O) groups excluding carboxylic acids is 1. The summed E-state index contributed by atoms with van der Waals surface area (Å²) in [6.07, 6.45) is 15.2. The van der Waals surface area contributed by atoms with Gasteiger partial charge in [0, 0.05) is 24.9 Å². The predicted octanol–water partition coefficient (Wildman–Crippen LogP) is 7.30. The fourth-order valence-electron chi connectivity index (χ4n) is 10.8. The molecule has 0 aromatic heterocycles. The molecule has 1 spiro atoms. The van der Waals surface area contributed by atoms with Gasteiger partial charge in [-0.15, -0.1) is 0 Å². The summed E-state index contributed by atoms with van der Waals surface area (Å²) in [5.74, 6) is 5.85. The van der Waals surface area contributed by atoms with E-state index in [2.05, 4.69) is 34.6 Å². The number of ketones is 1. The van der Waals surface area contributed by atoms with E-state index >= 15 is 0 Å². The molecule has 0 bridgehead atoms. The predicted molar refractivity (Wildman–Crippen MR) is 127 cm³/mol. The standard InChI is InChI=1S/C29H48O2/c1-7-28-15-13-23-21(16-26(31-6)29-17-20(29)12-14-27(23,29)5)24(28)10-9-22(28)19(4)8-11-25(30)18(2)3/h18-24,26H,7-17H2,1-6H3/t19-,20?,21-,22-,23+,24+,26-,27-,28-,29+/m1/s1. The third-order valence-electron chi connectivity index (χ3n) is 12.4. The molecule has 10 atom stereocenters. The molecule has 176 valence electrons. The molecule has 0 saturated heterocycles. The van der Waals surface area contributed by atoms with Crippen LogP contribution in [0.1, 0.15) is 105 Å². The zero-order valence-corrected chi connectivity index (χ0v) is 21.2. The zero-order valence-electron chi connectivity index (χ0n) is 21.2. The second-order valence-corrected chi connectivity index (χ2v) is 13.2. The minimum Gasteiger partial charge on any atom is -0.381 e. The summed E-state index contributed by atoms with van der Waals surface area (Å²) in [5, 5.41) is 0. The molecule has 5 fully saturated rings. The molecule has 5 aliphatic carbocycles. The highest BCUT2D eigenvalue weighted by molar-refractivity contribution is 5.80. The third-order valence-corrected chi connectivity index (χ3v) is 12.4. The van der Waals surface area contributed by atoms with Gasteiger partial charge in [0.05, 0.1) is 6.10 Å². The van der Waals surface area contributed by atoms with E-state index in [1.807, 2.05) is 7.11 Å². The van der Waals surface area contributed by atoms with Gasteiger partial charge in [-0.3, -0.25) is 4.79 Å². The number of hydrogen-bond donors (Lipinski definition) is 0. The van der Waals surface area contributed by atoms with Crippen molar-refractivity contribution in [2.75, 3.05) is 7.11 Å². The Morgan fingerprint density at radius 1 is 1.06 bits per heavy atom. The molecule has 0 aromatic rings. The highest BCUT2D eigenvalue weighted by atomic mass is 16.5. The van der Waals surface area contributed by atoms with Gasteiger partial charge in [-0.2, -0.15) is 0 Å². The molecular formula is C29H48O2. The number of Topliss-reactive ketones (excluding diaryl/α,β-unsaturated/α-hetero) is 1. The minimum atomic E-state index is 0.193. The van der Waals surface area contributed by atoms with Gasteiger partial charge in [0.25, 0.3) is 0 Å². The van der Waals surface area contributed by atoms with E-state index < -0.39 is 0 Å². The van der Waals surface area contributed by atoms with Gasteiger partial charge in [-0.25, -0.2) is 0 Å². The smallest absolute Gasteiger partial charge is 0.135 e. The molecule has 31 heavy (non-hydrogen) atoms. The van der Waals surface area contributed by atoms with Crippen molar-refractivity contribution < 1.29 is 9.53 Å². The van der Waals surface area contributed by atoms with Crippen LogP contribution >= 0.6 is 0 Å². The van der Waals surface area contributed by atoms with Crippen LogP contribution in [0.4, 0.5) is 0 Å². The Morgan fingerprint density at radius 2 is 1.84 bits per heavy atom.